The van der Waals surface area contributed by atoms with Crippen molar-refractivity contribution in [3.05, 3.63) is 18.0 Å². The third-order valence-electron chi connectivity index (χ3n) is 4.52. The quantitative estimate of drug-likeness (QED) is 0.660. The Labute approximate surface area is 147 Å². The first-order chi connectivity index (χ1) is 11.3. The summed E-state index contributed by atoms with van der Waals surface area (Å²) in [6.45, 7) is 5.31. The predicted molar refractivity (Wildman–Crippen MR) is 96.7 cm³/mol. The van der Waals surface area contributed by atoms with E-state index in [1.54, 1.807) is 11.8 Å². The van der Waals surface area contributed by atoms with Crippen molar-refractivity contribution >= 4 is 27.7 Å². The fraction of sp³-hybridized carbons (Fsp3) is 0.667. The van der Waals surface area contributed by atoms with Crippen LogP contribution in [0, 0.1) is 0 Å². The molecule has 2 rings (SSSR count). The first-order valence-corrected chi connectivity index (χ1v) is 10.8. The second kappa shape index (κ2) is 7.90. The molecule has 24 heavy (non-hydrogen) atoms. The van der Waals surface area contributed by atoms with Gasteiger partial charge >= 0.3 is 0 Å². The molecule has 1 saturated heterocycles. The van der Waals surface area contributed by atoms with E-state index in [9.17, 15) is 13.2 Å². The Bertz CT molecular complexity index is 662. The lowest BCUT2D eigenvalue weighted by Crippen LogP contribution is -2.49. The van der Waals surface area contributed by atoms with E-state index in [2.05, 4.69) is 10.3 Å². The number of aromatic amines is 1. The van der Waals surface area contributed by atoms with E-state index >= 15 is 0 Å². The summed E-state index contributed by atoms with van der Waals surface area (Å²) in [5, 5.41) is 2.78. The van der Waals surface area contributed by atoms with Crippen LogP contribution in [0.4, 0.5) is 0 Å². The largest absolute Gasteiger partial charge is 0.356 e. The van der Waals surface area contributed by atoms with E-state index in [1.165, 1.54) is 16.6 Å². The van der Waals surface area contributed by atoms with Gasteiger partial charge in [-0.15, -0.1) is 0 Å². The Morgan fingerprint density at radius 1 is 1.38 bits per heavy atom. The lowest BCUT2D eigenvalue weighted by molar-refractivity contribution is 0.0937. The normalized spacial score (nSPS) is 17.0. The minimum Gasteiger partial charge on any atom is -0.356 e. The maximum atomic E-state index is 12.6. The molecule has 1 aromatic heterocycles. The van der Waals surface area contributed by atoms with E-state index in [-0.39, 0.29) is 16.5 Å². The second-order valence-electron chi connectivity index (χ2n) is 6.02. The molecule has 1 aliphatic heterocycles. The van der Waals surface area contributed by atoms with Gasteiger partial charge in [-0.25, -0.2) is 8.42 Å². The standard InChI is InChI=1S/C15H26N4O3S2/c1-3-15(16,4-2)11-18-14(20)13-9-12(10-17-13)24(21,22)19-5-7-23-8-6-19/h9-10,17H,3-8,11,16H2,1-2H3,(H,18,20). The highest BCUT2D eigenvalue weighted by molar-refractivity contribution is 7.99. The molecule has 0 atom stereocenters. The van der Waals surface area contributed by atoms with Crippen molar-refractivity contribution in [1.82, 2.24) is 14.6 Å². The van der Waals surface area contributed by atoms with Crippen LogP contribution >= 0.6 is 11.8 Å². The number of amides is 1. The molecule has 1 fully saturated rings. The molecule has 0 aromatic carbocycles. The van der Waals surface area contributed by atoms with E-state index in [4.69, 9.17) is 5.73 Å². The highest BCUT2D eigenvalue weighted by Gasteiger charge is 2.28. The van der Waals surface area contributed by atoms with Crippen molar-refractivity contribution in [3.8, 4) is 0 Å². The number of nitrogens with two attached hydrogens (primary N) is 1. The molecule has 1 amide bonds. The lowest BCUT2D eigenvalue weighted by Gasteiger charge is -2.26. The third-order valence-corrected chi connectivity index (χ3v) is 7.34. The summed E-state index contributed by atoms with van der Waals surface area (Å²) in [4.78, 5) is 15.1. The average Bonchev–Trinajstić information content (AvgIpc) is 3.11. The Kier molecular flexibility index (Phi) is 6.35. The van der Waals surface area contributed by atoms with Crippen LogP contribution in [-0.4, -0.2) is 60.3 Å². The SMILES string of the molecule is CCC(N)(CC)CNC(=O)c1cc(S(=O)(=O)N2CCSCC2)c[nH]1. The Morgan fingerprint density at radius 2 is 2.00 bits per heavy atom. The van der Waals surface area contributed by atoms with Gasteiger partial charge in [-0.1, -0.05) is 13.8 Å². The van der Waals surface area contributed by atoms with Crippen molar-refractivity contribution in [1.29, 1.82) is 0 Å². The molecule has 0 aliphatic carbocycles. The smallest absolute Gasteiger partial charge is 0.267 e. The predicted octanol–water partition coefficient (Wildman–Crippen LogP) is 1.000. The molecule has 4 N–H and O–H groups in total. The molecule has 0 saturated carbocycles. The minimum absolute atomic E-state index is 0.129. The van der Waals surface area contributed by atoms with Gasteiger partial charge in [0, 0.05) is 42.9 Å². The van der Waals surface area contributed by atoms with Crippen molar-refractivity contribution in [3.63, 3.8) is 0 Å². The Hall–Kier alpha value is -1.03. The number of hydrogen-bond acceptors (Lipinski definition) is 5. The molecule has 0 spiro atoms. The van der Waals surface area contributed by atoms with Crippen LogP contribution in [0.5, 0.6) is 0 Å². The summed E-state index contributed by atoms with van der Waals surface area (Å²) in [5.74, 6) is 1.25. The van der Waals surface area contributed by atoms with Crippen LogP contribution < -0.4 is 11.1 Å². The Balaban J connectivity index is 2.05. The average molecular weight is 375 g/mol. The molecule has 136 valence electrons. The van der Waals surface area contributed by atoms with Crippen LogP contribution in [0.3, 0.4) is 0 Å². The zero-order chi connectivity index (χ0) is 17.8. The number of carbonyl (C=O) groups is 1. The van der Waals surface area contributed by atoms with E-state index in [1.807, 2.05) is 13.8 Å². The molecule has 7 nitrogen and oxygen atoms in total. The van der Waals surface area contributed by atoms with E-state index in [0.29, 0.717) is 19.6 Å². The van der Waals surface area contributed by atoms with Gasteiger partial charge in [0.15, 0.2) is 0 Å². The van der Waals surface area contributed by atoms with Gasteiger partial charge in [0.25, 0.3) is 5.91 Å². The topological polar surface area (TPSA) is 108 Å². The fourth-order valence-corrected chi connectivity index (χ4v) is 5.01. The van der Waals surface area contributed by atoms with Crippen molar-refractivity contribution in [2.45, 2.75) is 37.1 Å². The second-order valence-corrected chi connectivity index (χ2v) is 9.18. The summed E-state index contributed by atoms with van der Waals surface area (Å²) in [7, 11) is -3.54. The van der Waals surface area contributed by atoms with Gasteiger partial charge in [0.05, 0.1) is 0 Å². The molecule has 9 heteroatoms. The molecular weight excluding hydrogens is 348 g/mol. The number of nitrogens with one attached hydrogen (secondary N) is 2. The molecule has 1 aliphatic rings. The van der Waals surface area contributed by atoms with Gasteiger partial charge in [-0.3, -0.25) is 4.79 Å². The van der Waals surface area contributed by atoms with Crippen molar-refractivity contribution in [2.75, 3.05) is 31.1 Å². The molecule has 0 radical (unpaired) electrons. The first-order valence-electron chi connectivity index (χ1n) is 8.16. The van der Waals surface area contributed by atoms with E-state index < -0.39 is 15.6 Å². The van der Waals surface area contributed by atoms with Gasteiger partial charge in [-0.2, -0.15) is 16.1 Å². The van der Waals surface area contributed by atoms with Gasteiger partial charge in [-0.05, 0) is 18.9 Å². The number of nitrogens with zero attached hydrogens (tertiary/aromatic N) is 1. The van der Waals surface area contributed by atoms with Crippen LogP contribution in [0.1, 0.15) is 37.2 Å². The third kappa shape index (κ3) is 4.33. The molecule has 0 unspecified atom stereocenters. The molecular formula is C15H26N4O3S2. The van der Waals surface area contributed by atoms with Crippen LogP contribution in [0.2, 0.25) is 0 Å². The number of H-pyrrole nitrogens is 1. The lowest BCUT2D eigenvalue weighted by atomic mass is 9.94. The van der Waals surface area contributed by atoms with Gasteiger partial charge in [0.1, 0.15) is 10.6 Å². The van der Waals surface area contributed by atoms with E-state index in [0.717, 1.165) is 24.3 Å². The minimum atomic E-state index is -3.54. The molecule has 2 heterocycles. The summed E-state index contributed by atoms with van der Waals surface area (Å²) in [6.07, 6.45) is 2.88. The van der Waals surface area contributed by atoms with Gasteiger partial charge in [0.2, 0.25) is 10.0 Å². The summed E-state index contributed by atoms with van der Waals surface area (Å²) in [5.41, 5.74) is 5.95. The van der Waals surface area contributed by atoms with Crippen molar-refractivity contribution < 1.29 is 13.2 Å². The number of aromatic nitrogens is 1. The first kappa shape index (κ1) is 19.3. The monoisotopic (exact) mass is 374 g/mol. The zero-order valence-electron chi connectivity index (χ0n) is 14.2. The Morgan fingerprint density at radius 3 is 2.58 bits per heavy atom. The number of carbonyl (C=O) groups excluding carboxylic acids is 1. The zero-order valence-corrected chi connectivity index (χ0v) is 15.8. The maximum absolute atomic E-state index is 12.6. The summed E-state index contributed by atoms with van der Waals surface area (Å²) < 4.78 is 26.6. The number of rotatable bonds is 7. The van der Waals surface area contributed by atoms with Gasteiger partial charge < -0.3 is 16.0 Å². The van der Waals surface area contributed by atoms with Crippen LogP contribution in [0.15, 0.2) is 17.2 Å². The summed E-state index contributed by atoms with van der Waals surface area (Å²) >= 11 is 1.74. The highest BCUT2D eigenvalue weighted by atomic mass is 32.2. The number of hydrogen-bond donors (Lipinski definition) is 3. The van der Waals surface area contributed by atoms with Crippen molar-refractivity contribution in [2.24, 2.45) is 5.73 Å². The number of sulfonamides is 1. The highest BCUT2D eigenvalue weighted by Crippen LogP contribution is 2.21. The number of thioether (sulfide) groups is 1. The summed E-state index contributed by atoms with van der Waals surface area (Å²) in [6, 6.07) is 1.39. The maximum Gasteiger partial charge on any atom is 0.267 e. The molecule has 1 aromatic rings. The fourth-order valence-electron chi connectivity index (χ4n) is 2.44. The molecule has 0 bridgehead atoms. The van der Waals surface area contributed by atoms with Crippen LogP contribution in [-0.2, 0) is 10.0 Å². The van der Waals surface area contributed by atoms with Crippen LogP contribution in [0.25, 0.3) is 0 Å².